The molecule has 0 bridgehead atoms. The summed E-state index contributed by atoms with van der Waals surface area (Å²) in [6, 6.07) is 6.45. The van der Waals surface area contributed by atoms with Crippen LogP contribution in [0.4, 0.5) is 17.6 Å². The molecule has 0 unspecified atom stereocenters. The van der Waals surface area contributed by atoms with Gasteiger partial charge in [0.1, 0.15) is 41.3 Å². The highest BCUT2D eigenvalue weighted by molar-refractivity contribution is 5.33. The zero-order valence-electron chi connectivity index (χ0n) is 17.2. The lowest BCUT2D eigenvalue weighted by Crippen LogP contribution is -2.44. The Morgan fingerprint density at radius 1 is 1.12 bits per heavy atom. The monoisotopic (exact) mass is 462 g/mol. The highest BCUT2D eigenvalue weighted by Crippen LogP contribution is 2.32. The molecule has 0 saturated heterocycles. The highest BCUT2D eigenvalue weighted by atomic mass is 19.2. The summed E-state index contributed by atoms with van der Waals surface area (Å²) in [6.07, 6.45) is 2.87. The maximum absolute atomic E-state index is 14.6. The zero-order valence-corrected chi connectivity index (χ0v) is 17.2. The average molecular weight is 462 g/mol. The Balaban J connectivity index is 1.56. The van der Waals surface area contributed by atoms with Gasteiger partial charge in [0.15, 0.2) is 11.6 Å². The van der Waals surface area contributed by atoms with Gasteiger partial charge >= 0.3 is 0 Å². The van der Waals surface area contributed by atoms with Crippen LogP contribution >= 0.6 is 0 Å². The van der Waals surface area contributed by atoms with E-state index < -0.39 is 35.0 Å². The van der Waals surface area contributed by atoms with Gasteiger partial charge in [-0.2, -0.15) is 5.10 Å². The van der Waals surface area contributed by atoms with Crippen molar-refractivity contribution >= 4 is 0 Å². The van der Waals surface area contributed by atoms with E-state index in [4.69, 9.17) is 4.74 Å². The Hall–Kier alpha value is -3.64. The SMILES string of the molecule is C[C@@H](OCc1cn(-c2cccc(F)c2F)nn1)[C@](O)(Cn1cncn1)c1ccc(F)cc1F. The summed E-state index contributed by atoms with van der Waals surface area (Å²) in [5.74, 6) is -3.87. The zero-order chi connectivity index (χ0) is 23.6. The number of ether oxygens (including phenoxy) is 1. The lowest BCUT2D eigenvalue weighted by Gasteiger charge is -2.34. The molecule has 4 aromatic rings. The summed E-state index contributed by atoms with van der Waals surface area (Å²) in [7, 11) is 0. The standard InChI is InChI=1S/C21H18F4N6O2/c1-13(33-9-15-8-31(29-28-15)19-4-2-3-17(23)20(19)25)21(32,10-30-12-26-11-27-30)16-6-5-14(22)7-18(16)24/h2-8,11-13,32H,9-10H2,1H3/t13-,21-/m1/s1. The quantitative estimate of drug-likeness (QED) is 0.405. The number of rotatable bonds is 8. The molecule has 0 aliphatic rings. The maximum atomic E-state index is 14.6. The summed E-state index contributed by atoms with van der Waals surface area (Å²) in [4.78, 5) is 3.80. The molecule has 2 atom stereocenters. The Labute approximate surface area is 185 Å². The van der Waals surface area contributed by atoms with E-state index in [2.05, 4.69) is 20.4 Å². The van der Waals surface area contributed by atoms with Gasteiger partial charge in [0, 0.05) is 11.6 Å². The van der Waals surface area contributed by atoms with Crippen LogP contribution in [-0.4, -0.2) is 41.0 Å². The second-order valence-corrected chi connectivity index (χ2v) is 7.32. The minimum absolute atomic E-state index is 0.141. The van der Waals surface area contributed by atoms with Crippen LogP contribution in [-0.2, 0) is 23.5 Å². The van der Waals surface area contributed by atoms with Crippen molar-refractivity contribution in [3.63, 3.8) is 0 Å². The molecule has 0 fully saturated rings. The van der Waals surface area contributed by atoms with E-state index in [0.29, 0.717) is 6.07 Å². The predicted octanol–water partition coefficient (Wildman–Crippen LogP) is 2.91. The van der Waals surface area contributed by atoms with Gasteiger partial charge in [-0.05, 0) is 25.1 Å². The van der Waals surface area contributed by atoms with Crippen molar-refractivity contribution in [2.24, 2.45) is 0 Å². The number of aliphatic hydroxyl groups is 1. The van der Waals surface area contributed by atoms with Crippen molar-refractivity contribution in [3.8, 4) is 5.69 Å². The summed E-state index contributed by atoms with van der Waals surface area (Å²) in [5, 5.41) is 23.0. The van der Waals surface area contributed by atoms with E-state index in [0.717, 1.165) is 22.9 Å². The third kappa shape index (κ3) is 4.61. The molecule has 0 aliphatic carbocycles. The first-order valence-corrected chi connectivity index (χ1v) is 9.75. The van der Waals surface area contributed by atoms with Gasteiger partial charge in [-0.1, -0.05) is 17.3 Å². The normalized spacial score (nSPS) is 14.2. The number of aromatic nitrogens is 6. The molecule has 2 aromatic carbocycles. The van der Waals surface area contributed by atoms with Crippen LogP contribution in [0.2, 0.25) is 0 Å². The topological polar surface area (TPSA) is 90.9 Å². The van der Waals surface area contributed by atoms with Crippen molar-refractivity contribution in [1.82, 2.24) is 29.8 Å². The number of hydrogen-bond donors (Lipinski definition) is 1. The molecule has 0 amide bonds. The molecule has 0 saturated carbocycles. The fraction of sp³-hybridized carbons (Fsp3) is 0.238. The average Bonchev–Trinajstić information content (AvgIpc) is 3.46. The Kier molecular flexibility index (Phi) is 6.20. The summed E-state index contributed by atoms with van der Waals surface area (Å²) >= 11 is 0. The number of benzene rings is 2. The lowest BCUT2D eigenvalue weighted by atomic mass is 9.88. The van der Waals surface area contributed by atoms with Gasteiger partial charge in [-0.15, -0.1) is 5.10 Å². The summed E-state index contributed by atoms with van der Waals surface area (Å²) < 4.78 is 63.5. The van der Waals surface area contributed by atoms with E-state index in [1.807, 2.05) is 0 Å². The van der Waals surface area contributed by atoms with E-state index in [1.54, 1.807) is 0 Å². The molecular weight excluding hydrogens is 444 g/mol. The van der Waals surface area contributed by atoms with Gasteiger partial charge in [0.2, 0.25) is 0 Å². The molecule has 0 aliphatic heterocycles. The smallest absolute Gasteiger partial charge is 0.184 e. The second-order valence-electron chi connectivity index (χ2n) is 7.32. The van der Waals surface area contributed by atoms with Crippen molar-refractivity contribution in [2.75, 3.05) is 0 Å². The van der Waals surface area contributed by atoms with Gasteiger partial charge < -0.3 is 9.84 Å². The Morgan fingerprint density at radius 2 is 1.94 bits per heavy atom. The third-order valence-electron chi connectivity index (χ3n) is 5.14. The van der Waals surface area contributed by atoms with Gasteiger partial charge in [0.25, 0.3) is 0 Å². The molecule has 33 heavy (non-hydrogen) atoms. The van der Waals surface area contributed by atoms with Crippen LogP contribution in [0.3, 0.4) is 0 Å². The first kappa shape index (κ1) is 22.6. The molecule has 12 heteroatoms. The molecule has 4 rings (SSSR count). The summed E-state index contributed by atoms with van der Waals surface area (Å²) in [6.45, 7) is 1.06. The van der Waals surface area contributed by atoms with Crippen molar-refractivity contribution < 1.29 is 27.4 Å². The second kappa shape index (κ2) is 9.08. The molecule has 0 radical (unpaired) electrons. The maximum Gasteiger partial charge on any atom is 0.184 e. The first-order chi connectivity index (χ1) is 15.8. The van der Waals surface area contributed by atoms with E-state index >= 15 is 0 Å². The number of hydrogen-bond acceptors (Lipinski definition) is 6. The largest absolute Gasteiger partial charge is 0.380 e. The summed E-state index contributed by atoms with van der Waals surface area (Å²) in [5.41, 5.74) is -2.06. The van der Waals surface area contributed by atoms with Crippen LogP contribution in [0, 0.1) is 23.3 Å². The van der Waals surface area contributed by atoms with Crippen LogP contribution in [0.5, 0.6) is 0 Å². The van der Waals surface area contributed by atoms with Gasteiger partial charge in [0.05, 0.1) is 25.5 Å². The van der Waals surface area contributed by atoms with E-state index in [-0.39, 0.29) is 30.1 Å². The van der Waals surface area contributed by atoms with Crippen molar-refractivity contribution in [2.45, 2.75) is 31.8 Å². The molecule has 2 aromatic heterocycles. The van der Waals surface area contributed by atoms with Crippen LogP contribution in [0.25, 0.3) is 5.69 Å². The van der Waals surface area contributed by atoms with Crippen LogP contribution in [0.15, 0.2) is 55.2 Å². The Bertz CT molecular complexity index is 1250. The number of halogens is 4. The van der Waals surface area contributed by atoms with Crippen molar-refractivity contribution in [1.29, 1.82) is 0 Å². The Morgan fingerprint density at radius 3 is 2.67 bits per heavy atom. The lowest BCUT2D eigenvalue weighted by molar-refractivity contribution is -0.124. The minimum atomic E-state index is -1.96. The molecular formula is C21H18F4N6O2. The van der Waals surface area contributed by atoms with Crippen molar-refractivity contribution in [3.05, 3.63) is 89.8 Å². The highest BCUT2D eigenvalue weighted by Gasteiger charge is 2.40. The van der Waals surface area contributed by atoms with Crippen LogP contribution < -0.4 is 0 Å². The number of nitrogens with zero attached hydrogens (tertiary/aromatic N) is 6. The minimum Gasteiger partial charge on any atom is -0.380 e. The predicted molar refractivity (Wildman–Crippen MR) is 106 cm³/mol. The molecule has 1 N–H and O–H groups in total. The molecule has 172 valence electrons. The van der Waals surface area contributed by atoms with Crippen LogP contribution in [0.1, 0.15) is 18.2 Å². The van der Waals surface area contributed by atoms with Gasteiger partial charge in [-0.3, -0.25) is 0 Å². The molecule has 0 spiro atoms. The first-order valence-electron chi connectivity index (χ1n) is 9.75. The molecule has 8 nitrogen and oxygen atoms in total. The third-order valence-corrected chi connectivity index (χ3v) is 5.14. The molecule has 2 heterocycles. The van der Waals surface area contributed by atoms with E-state index in [1.165, 1.54) is 42.6 Å². The van der Waals surface area contributed by atoms with Gasteiger partial charge in [-0.25, -0.2) is 31.9 Å². The fourth-order valence-corrected chi connectivity index (χ4v) is 3.33. The van der Waals surface area contributed by atoms with E-state index in [9.17, 15) is 22.7 Å². The fourth-order valence-electron chi connectivity index (χ4n) is 3.33.